The number of fused-ring (bicyclic) bond motifs is 1. The molecule has 2 aliphatic rings. The van der Waals surface area contributed by atoms with Gasteiger partial charge in [-0.05, 0) is 30.9 Å². The monoisotopic (exact) mass is 355 g/mol. The van der Waals surface area contributed by atoms with Gasteiger partial charge >= 0.3 is 0 Å². The number of hydrogen-bond acceptors (Lipinski definition) is 5. The Labute approximate surface area is 151 Å². The van der Waals surface area contributed by atoms with Gasteiger partial charge in [-0.15, -0.1) is 0 Å². The summed E-state index contributed by atoms with van der Waals surface area (Å²) in [5.41, 5.74) is 0.975. The normalized spacial score (nSPS) is 17.8. The molecule has 1 aromatic heterocycles. The van der Waals surface area contributed by atoms with Crippen LogP contribution in [0.15, 0.2) is 34.9 Å². The SMILES string of the molecule is CC1CCN(C(=O)c2coc(CN3C(=O)COc4ccccc43)n2)CC1. The molecule has 2 aliphatic heterocycles. The van der Waals surface area contributed by atoms with Crippen molar-refractivity contribution in [2.75, 3.05) is 24.6 Å². The molecule has 0 saturated carbocycles. The molecule has 0 aliphatic carbocycles. The minimum atomic E-state index is -0.167. The minimum Gasteiger partial charge on any atom is -0.482 e. The zero-order valence-electron chi connectivity index (χ0n) is 14.7. The van der Waals surface area contributed by atoms with Crippen molar-refractivity contribution in [1.29, 1.82) is 0 Å². The third-order valence-electron chi connectivity index (χ3n) is 4.94. The van der Waals surface area contributed by atoms with Gasteiger partial charge in [-0.25, -0.2) is 4.98 Å². The molecule has 0 N–H and O–H groups in total. The van der Waals surface area contributed by atoms with Gasteiger partial charge in [-0.2, -0.15) is 0 Å². The van der Waals surface area contributed by atoms with Gasteiger partial charge in [-0.3, -0.25) is 14.5 Å². The highest BCUT2D eigenvalue weighted by molar-refractivity contribution is 5.97. The highest BCUT2D eigenvalue weighted by atomic mass is 16.5. The molecule has 7 heteroatoms. The van der Waals surface area contributed by atoms with E-state index >= 15 is 0 Å². The van der Waals surface area contributed by atoms with Gasteiger partial charge in [0, 0.05) is 13.1 Å². The molecular formula is C19H21N3O4. The molecule has 0 radical (unpaired) electrons. The second-order valence-electron chi connectivity index (χ2n) is 6.84. The Morgan fingerprint density at radius 1 is 1.27 bits per heavy atom. The number of amides is 2. The van der Waals surface area contributed by atoms with Crippen molar-refractivity contribution >= 4 is 17.5 Å². The molecular weight excluding hydrogens is 334 g/mol. The Balaban J connectivity index is 1.49. The lowest BCUT2D eigenvalue weighted by atomic mass is 9.99. The van der Waals surface area contributed by atoms with E-state index in [4.69, 9.17) is 9.15 Å². The van der Waals surface area contributed by atoms with E-state index in [1.807, 2.05) is 29.2 Å². The van der Waals surface area contributed by atoms with Crippen molar-refractivity contribution < 1.29 is 18.7 Å². The quantitative estimate of drug-likeness (QED) is 0.845. The van der Waals surface area contributed by atoms with E-state index in [9.17, 15) is 9.59 Å². The van der Waals surface area contributed by atoms with Crippen LogP contribution in [0.2, 0.25) is 0 Å². The number of ether oxygens (including phenoxy) is 1. The minimum absolute atomic E-state index is 0.0184. The van der Waals surface area contributed by atoms with E-state index in [1.165, 1.54) is 6.26 Å². The van der Waals surface area contributed by atoms with Crippen LogP contribution in [0.1, 0.15) is 36.1 Å². The first kappa shape index (κ1) is 16.6. The topological polar surface area (TPSA) is 75.9 Å². The molecule has 1 fully saturated rings. The lowest BCUT2D eigenvalue weighted by Gasteiger charge is -2.29. The van der Waals surface area contributed by atoms with Crippen molar-refractivity contribution in [3.05, 3.63) is 42.1 Å². The molecule has 3 heterocycles. The first-order valence-corrected chi connectivity index (χ1v) is 8.87. The Kier molecular flexibility index (Phi) is 4.36. The summed E-state index contributed by atoms with van der Waals surface area (Å²) in [4.78, 5) is 32.5. The number of piperidine rings is 1. The predicted octanol–water partition coefficient (Wildman–Crippen LogP) is 2.47. The number of anilines is 1. The van der Waals surface area contributed by atoms with E-state index < -0.39 is 0 Å². The third-order valence-corrected chi connectivity index (χ3v) is 4.94. The fraction of sp³-hybridized carbons (Fsp3) is 0.421. The molecule has 7 nitrogen and oxygen atoms in total. The van der Waals surface area contributed by atoms with Crippen LogP contribution in [0.3, 0.4) is 0 Å². The molecule has 136 valence electrons. The number of aromatic nitrogens is 1. The molecule has 26 heavy (non-hydrogen) atoms. The Bertz CT molecular complexity index is 824. The summed E-state index contributed by atoms with van der Waals surface area (Å²) >= 11 is 0. The molecule has 0 atom stereocenters. The summed E-state index contributed by atoms with van der Waals surface area (Å²) in [6.45, 7) is 3.85. The van der Waals surface area contributed by atoms with Crippen molar-refractivity contribution in [2.45, 2.75) is 26.3 Å². The second-order valence-corrected chi connectivity index (χ2v) is 6.84. The maximum atomic E-state index is 12.6. The standard InChI is InChI=1S/C19H21N3O4/c1-13-6-8-21(9-7-13)19(24)14-11-26-17(20-14)10-22-15-4-2-3-5-16(15)25-12-18(22)23/h2-5,11,13H,6-10,12H2,1H3. The zero-order valence-corrected chi connectivity index (χ0v) is 14.7. The maximum Gasteiger partial charge on any atom is 0.275 e. The number of carbonyl (C=O) groups is 2. The van der Waals surface area contributed by atoms with Gasteiger partial charge in [-0.1, -0.05) is 19.1 Å². The molecule has 4 rings (SSSR count). The van der Waals surface area contributed by atoms with Crippen LogP contribution in [0.5, 0.6) is 5.75 Å². The predicted molar refractivity (Wildman–Crippen MR) is 93.9 cm³/mol. The molecule has 0 unspecified atom stereocenters. The number of rotatable bonds is 3. The number of hydrogen-bond donors (Lipinski definition) is 0. The largest absolute Gasteiger partial charge is 0.482 e. The van der Waals surface area contributed by atoms with Gasteiger partial charge in [0.15, 0.2) is 12.3 Å². The van der Waals surface area contributed by atoms with Crippen molar-refractivity contribution in [3.63, 3.8) is 0 Å². The maximum absolute atomic E-state index is 12.6. The summed E-state index contributed by atoms with van der Waals surface area (Å²) in [6, 6.07) is 7.33. The van der Waals surface area contributed by atoms with Crippen LogP contribution >= 0.6 is 0 Å². The molecule has 2 aromatic rings. The molecule has 1 aromatic carbocycles. The van der Waals surface area contributed by atoms with Gasteiger partial charge in [0.2, 0.25) is 5.89 Å². The fourth-order valence-electron chi connectivity index (χ4n) is 3.32. The molecule has 2 amide bonds. The highest BCUT2D eigenvalue weighted by Crippen LogP contribution is 2.32. The van der Waals surface area contributed by atoms with Crippen LogP contribution in [0, 0.1) is 5.92 Å². The van der Waals surface area contributed by atoms with Crippen LogP contribution in [-0.4, -0.2) is 41.4 Å². The number of carbonyl (C=O) groups excluding carboxylic acids is 2. The van der Waals surface area contributed by atoms with Crippen molar-refractivity contribution in [3.8, 4) is 5.75 Å². The average molecular weight is 355 g/mol. The summed E-state index contributed by atoms with van der Waals surface area (Å²) in [5, 5.41) is 0. The molecule has 0 spiro atoms. The van der Waals surface area contributed by atoms with Gasteiger partial charge in [0.25, 0.3) is 11.8 Å². The van der Waals surface area contributed by atoms with E-state index in [2.05, 4.69) is 11.9 Å². The Morgan fingerprint density at radius 2 is 2.04 bits per heavy atom. The lowest BCUT2D eigenvalue weighted by molar-refractivity contribution is -0.121. The van der Waals surface area contributed by atoms with Crippen LogP contribution in [0.25, 0.3) is 0 Å². The average Bonchev–Trinajstić information content (AvgIpc) is 3.13. The van der Waals surface area contributed by atoms with Crippen molar-refractivity contribution in [1.82, 2.24) is 9.88 Å². The summed E-state index contributed by atoms with van der Waals surface area (Å²) in [6.07, 6.45) is 3.40. The third kappa shape index (κ3) is 3.16. The highest BCUT2D eigenvalue weighted by Gasteiger charge is 2.28. The van der Waals surface area contributed by atoms with E-state index in [1.54, 1.807) is 4.90 Å². The number of likely N-dealkylation sites (tertiary alicyclic amines) is 1. The van der Waals surface area contributed by atoms with Crippen molar-refractivity contribution in [2.24, 2.45) is 5.92 Å². The second kappa shape index (κ2) is 6.82. The van der Waals surface area contributed by atoms with Gasteiger partial charge < -0.3 is 14.1 Å². The number of nitrogens with zero attached hydrogens (tertiary/aromatic N) is 3. The van der Waals surface area contributed by atoms with E-state index in [0.29, 0.717) is 28.9 Å². The zero-order chi connectivity index (χ0) is 18.1. The lowest BCUT2D eigenvalue weighted by Crippen LogP contribution is -2.38. The van der Waals surface area contributed by atoms with E-state index in [0.717, 1.165) is 25.9 Å². The van der Waals surface area contributed by atoms with Crippen LogP contribution in [0.4, 0.5) is 5.69 Å². The molecule has 1 saturated heterocycles. The summed E-state index contributed by atoms with van der Waals surface area (Å²) in [7, 11) is 0. The van der Waals surface area contributed by atoms with Gasteiger partial charge in [0.05, 0.1) is 5.69 Å². The number of para-hydroxylation sites is 2. The first-order valence-electron chi connectivity index (χ1n) is 8.87. The summed E-state index contributed by atoms with van der Waals surface area (Å²) in [5.74, 6) is 1.36. The van der Waals surface area contributed by atoms with Crippen LogP contribution in [-0.2, 0) is 11.3 Å². The number of oxazole rings is 1. The van der Waals surface area contributed by atoms with Gasteiger partial charge in [0.1, 0.15) is 18.6 Å². The van der Waals surface area contributed by atoms with E-state index in [-0.39, 0.29) is 25.0 Å². The molecule has 0 bridgehead atoms. The van der Waals surface area contributed by atoms with Crippen LogP contribution < -0.4 is 9.64 Å². The Morgan fingerprint density at radius 3 is 2.85 bits per heavy atom. The smallest absolute Gasteiger partial charge is 0.275 e. The fourth-order valence-corrected chi connectivity index (χ4v) is 3.32. The first-order chi connectivity index (χ1) is 12.6. The summed E-state index contributed by atoms with van der Waals surface area (Å²) < 4.78 is 10.9. The number of benzene rings is 1. The Hall–Kier alpha value is -2.83.